The van der Waals surface area contributed by atoms with Gasteiger partial charge in [0.1, 0.15) is 55.9 Å². The lowest BCUT2D eigenvalue weighted by atomic mass is 10.0. The lowest BCUT2D eigenvalue weighted by Gasteiger charge is -2.18. The van der Waals surface area contributed by atoms with Crippen molar-refractivity contribution < 1.29 is 103 Å². The quantitative estimate of drug-likeness (QED) is 0.0217. The highest BCUT2D eigenvalue weighted by atomic mass is 33.1. The van der Waals surface area contributed by atoms with Gasteiger partial charge in [-0.15, -0.1) is 0 Å². The standard InChI is InChI=1S/C45H66N12O21S6/c46-25(43(73)74)1-4-31(58)55-28(40(70)52-16-34(61)62)19-82-79-10-7-49-37(67)22-13-23(38(68)50-8-11-80-83-20-29(41(71)53-17-35(63)64)56-32(59)5-2-26(47)44(75)76)15-24(14-22)39(69)51-9-12-81-84-21-30(42(72)54-18-36(65)66)57-33(60)6-3-27(48)45(77)78/h13-15,25-30H,1-12,16-21,46-48H2,(H,49,67)(H,50,68)(H,51,69)(H,52,70)(H,53,71)(H,54,72)(H,55,58)(H,56,59)(H,57,60)(H,61,62)(H,63,64)(H,65,66)(H,73,74)(H,75,76)(H,77,78)/t25-,26-,27-,28-,29-,30-/m0/s1. The van der Waals surface area contributed by atoms with Crippen molar-refractivity contribution in [2.75, 3.05) is 73.8 Å². The van der Waals surface area contributed by atoms with Crippen molar-refractivity contribution in [1.29, 1.82) is 0 Å². The molecule has 6 atom stereocenters. The predicted octanol–water partition coefficient (Wildman–Crippen LogP) is -4.35. The van der Waals surface area contributed by atoms with E-state index in [2.05, 4.69) is 47.9 Å². The van der Waals surface area contributed by atoms with Gasteiger partial charge in [0.05, 0.1) is 0 Å². The van der Waals surface area contributed by atoms with Gasteiger partial charge in [-0.2, -0.15) is 0 Å². The Bertz CT molecular complexity index is 2230. The number of aliphatic carboxylic acids is 6. The third kappa shape index (κ3) is 34.1. The van der Waals surface area contributed by atoms with Crippen LogP contribution in [0.1, 0.15) is 69.6 Å². The number of carboxylic acid groups (broad SMARTS) is 6. The van der Waals surface area contributed by atoms with E-state index in [1.165, 1.54) is 18.2 Å². The number of benzene rings is 1. The van der Waals surface area contributed by atoms with E-state index >= 15 is 0 Å². The lowest BCUT2D eigenvalue weighted by molar-refractivity contribution is -0.140. The molecular formula is C45H66N12O21S6. The molecular weight excluding hydrogens is 1240 g/mol. The smallest absolute Gasteiger partial charge is 0.322 e. The average molecular weight is 1300 g/mol. The number of carbonyl (C=O) groups excluding carboxylic acids is 9. The number of nitrogens with two attached hydrogens (primary N) is 3. The molecule has 84 heavy (non-hydrogen) atoms. The Hall–Kier alpha value is -6.75. The second kappa shape index (κ2) is 42.1. The summed E-state index contributed by atoms with van der Waals surface area (Å²) in [4.78, 5) is 182. The zero-order chi connectivity index (χ0) is 63.3. The van der Waals surface area contributed by atoms with Gasteiger partial charge in [0.2, 0.25) is 35.4 Å². The van der Waals surface area contributed by atoms with E-state index in [0.717, 1.165) is 64.8 Å². The summed E-state index contributed by atoms with van der Waals surface area (Å²) in [5.74, 6) is -14.7. The summed E-state index contributed by atoms with van der Waals surface area (Å²) in [6.07, 6.45) is -1.79. The molecule has 0 saturated carbocycles. The van der Waals surface area contributed by atoms with Crippen LogP contribution in [0.25, 0.3) is 0 Å². The van der Waals surface area contributed by atoms with E-state index in [1.807, 2.05) is 0 Å². The van der Waals surface area contributed by atoms with Crippen LogP contribution in [-0.2, 0) is 57.5 Å². The van der Waals surface area contributed by atoms with Crippen molar-refractivity contribution in [3.63, 3.8) is 0 Å². The van der Waals surface area contributed by atoms with E-state index < -0.39 is 145 Å². The van der Waals surface area contributed by atoms with Gasteiger partial charge in [0.25, 0.3) is 17.7 Å². The van der Waals surface area contributed by atoms with Gasteiger partial charge < -0.3 is 95.7 Å². The third-order valence-corrected chi connectivity index (χ3v) is 17.5. The van der Waals surface area contributed by atoms with E-state index in [0.29, 0.717) is 0 Å². The van der Waals surface area contributed by atoms with Crippen LogP contribution in [0, 0.1) is 0 Å². The topological polar surface area (TPSA) is 564 Å². The molecule has 33 nitrogen and oxygen atoms in total. The summed E-state index contributed by atoms with van der Waals surface area (Å²) >= 11 is 0. The Kier molecular flexibility index (Phi) is 37.7. The minimum atomic E-state index is -1.35. The summed E-state index contributed by atoms with van der Waals surface area (Å²) < 4.78 is 0. The minimum absolute atomic E-state index is 0.0250. The molecule has 0 spiro atoms. The van der Waals surface area contributed by atoms with Crippen LogP contribution in [0.2, 0.25) is 0 Å². The van der Waals surface area contributed by atoms with Crippen molar-refractivity contribution >= 4 is 154 Å². The minimum Gasteiger partial charge on any atom is -0.480 e. The fourth-order valence-corrected chi connectivity index (χ4v) is 12.1. The van der Waals surface area contributed by atoms with E-state index in [1.54, 1.807) is 0 Å². The number of hydrogen-bond donors (Lipinski definition) is 18. The van der Waals surface area contributed by atoms with Crippen LogP contribution >= 0.6 is 64.8 Å². The Morgan fingerprint density at radius 2 is 0.607 bits per heavy atom. The van der Waals surface area contributed by atoms with Crippen LogP contribution in [0.3, 0.4) is 0 Å². The first-order valence-electron chi connectivity index (χ1n) is 24.7. The van der Waals surface area contributed by atoms with Crippen LogP contribution in [0.4, 0.5) is 0 Å². The lowest BCUT2D eigenvalue weighted by Crippen LogP contribution is -2.49. The Balaban J connectivity index is 3.15. The molecule has 0 aliphatic rings. The highest BCUT2D eigenvalue weighted by molar-refractivity contribution is 8.77. The normalized spacial score (nSPS) is 12.9. The molecule has 0 heterocycles. The molecule has 1 rings (SSSR count). The molecule has 39 heteroatoms. The van der Waals surface area contributed by atoms with Crippen LogP contribution in [0.15, 0.2) is 18.2 Å². The second-order valence-electron chi connectivity index (χ2n) is 17.0. The van der Waals surface area contributed by atoms with E-state index in [-0.39, 0.29) is 109 Å². The van der Waals surface area contributed by atoms with Crippen LogP contribution in [-0.4, -0.2) is 230 Å². The molecule has 1 aromatic carbocycles. The van der Waals surface area contributed by atoms with Crippen molar-refractivity contribution in [2.24, 2.45) is 17.2 Å². The van der Waals surface area contributed by atoms with Crippen molar-refractivity contribution in [2.45, 2.75) is 74.8 Å². The first kappa shape index (κ1) is 75.3. The predicted molar refractivity (Wildman–Crippen MR) is 310 cm³/mol. The first-order chi connectivity index (χ1) is 39.6. The number of rotatable bonds is 45. The molecule has 0 aliphatic heterocycles. The van der Waals surface area contributed by atoms with Gasteiger partial charge in [-0.3, -0.25) is 71.9 Å². The maximum atomic E-state index is 13.5. The number of nitrogens with one attached hydrogen (secondary N) is 9. The molecule has 1 aromatic rings. The first-order valence-corrected chi connectivity index (χ1v) is 32.1. The molecule has 0 bridgehead atoms. The average Bonchev–Trinajstić information content (AvgIpc) is 3.58. The van der Waals surface area contributed by atoms with Gasteiger partial charge in [0.15, 0.2) is 0 Å². The SMILES string of the molecule is N[C@@H](CCC(=O)N[C@@H](CSSCCNC(=O)c1cc(C(=O)NCCSSC[C@H](NC(=O)CC[C@H](N)C(=O)O)C(=O)NCC(=O)O)cc(C(=O)NCCSSC[C@H](NC(=O)CC[C@H](N)C(=O)O)C(=O)NCC(=O)O)c1)C(=O)NCC(=O)O)C(=O)O. The Labute approximate surface area is 502 Å². The second-order valence-corrected chi connectivity index (χ2v) is 24.9. The monoisotopic (exact) mass is 1300 g/mol. The van der Waals surface area contributed by atoms with Crippen molar-refractivity contribution in [3.05, 3.63) is 34.9 Å². The molecule has 0 saturated heterocycles. The summed E-state index contributed by atoms with van der Waals surface area (Å²) in [6, 6.07) is -4.15. The van der Waals surface area contributed by atoms with Gasteiger partial charge in [0, 0.05) is 90.1 Å². The molecule has 0 fully saturated rings. The summed E-state index contributed by atoms with van der Waals surface area (Å²) in [5, 5.41) is 75.6. The van der Waals surface area contributed by atoms with Gasteiger partial charge in [-0.25, -0.2) is 0 Å². The fourth-order valence-electron chi connectivity index (χ4n) is 5.91. The summed E-state index contributed by atoms with van der Waals surface area (Å²) in [5.41, 5.74) is 15.9. The largest absolute Gasteiger partial charge is 0.480 e. The Morgan fingerprint density at radius 1 is 0.369 bits per heavy atom. The fraction of sp³-hybridized carbons (Fsp3) is 0.533. The molecule has 0 radical (unpaired) electrons. The number of carboxylic acids is 6. The summed E-state index contributed by atoms with van der Waals surface area (Å²) in [7, 11) is 6.61. The van der Waals surface area contributed by atoms with Gasteiger partial charge >= 0.3 is 35.8 Å². The molecule has 0 unspecified atom stereocenters. The molecule has 0 aliphatic carbocycles. The number of hydrogen-bond acceptors (Lipinski definition) is 24. The van der Waals surface area contributed by atoms with Gasteiger partial charge in [-0.05, 0) is 37.5 Å². The van der Waals surface area contributed by atoms with Crippen LogP contribution in [0.5, 0.6) is 0 Å². The zero-order valence-corrected chi connectivity index (χ0v) is 49.3. The van der Waals surface area contributed by atoms with E-state index in [4.69, 9.17) is 47.8 Å². The van der Waals surface area contributed by atoms with Crippen molar-refractivity contribution in [1.82, 2.24) is 47.9 Å². The summed E-state index contributed by atoms with van der Waals surface area (Å²) in [6.45, 7) is -2.34. The van der Waals surface area contributed by atoms with E-state index in [9.17, 15) is 71.9 Å². The van der Waals surface area contributed by atoms with Gasteiger partial charge in [-0.1, -0.05) is 64.8 Å². The third-order valence-electron chi connectivity index (χ3n) is 10.3. The highest BCUT2D eigenvalue weighted by Crippen LogP contribution is 2.24. The highest BCUT2D eigenvalue weighted by Gasteiger charge is 2.26. The van der Waals surface area contributed by atoms with Crippen molar-refractivity contribution in [3.8, 4) is 0 Å². The molecule has 468 valence electrons. The number of carbonyl (C=O) groups is 15. The maximum absolute atomic E-state index is 13.5. The molecule has 9 amide bonds. The zero-order valence-electron chi connectivity index (χ0n) is 44.4. The Morgan fingerprint density at radius 3 is 0.821 bits per heavy atom. The van der Waals surface area contributed by atoms with Crippen LogP contribution < -0.4 is 65.1 Å². The molecule has 0 aromatic heterocycles. The number of amides is 9. The molecule has 21 N–H and O–H groups in total. The maximum Gasteiger partial charge on any atom is 0.322 e.